The lowest BCUT2D eigenvalue weighted by Gasteiger charge is -2.01. The molecule has 0 amide bonds. The van der Waals surface area contributed by atoms with Crippen LogP contribution in [0.1, 0.15) is 5.56 Å². The maximum absolute atomic E-state index is 12.9. The molecule has 0 aliphatic rings. The van der Waals surface area contributed by atoms with E-state index in [4.69, 9.17) is 12.2 Å². The topological polar surface area (TPSA) is 66.2 Å². The molecule has 0 saturated heterocycles. The van der Waals surface area contributed by atoms with Crippen LogP contribution in [0.3, 0.4) is 0 Å². The van der Waals surface area contributed by atoms with E-state index in [1.165, 1.54) is 16.8 Å². The van der Waals surface area contributed by atoms with E-state index < -0.39 is 0 Å². The average Bonchev–Trinajstić information content (AvgIpc) is 2.89. The molecule has 1 heterocycles. The first-order valence-corrected chi connectivity index (χ1v) is 6.81. The smallest absolute Gasteiger partial charge is 0.216 e. The Morgan fingerprint density at radius 1 is 1.14 bits per heavy atom. The predicted molar refractivity (Wildman–Crippen MR) is 83.9 cm³/mol. The van der Waals surface area contributed by atoms with Gasteiger partial charge in [-0.3, -0.25) is 0 Å². The minimum atomic E-state index is -0.304. The molecular formula is C15H11FN4OS. The maximum atomic E-state index is 12.9. The monoisotopic (exact) mass is 314 g/mol. The number of hydrogen-bond donors (Lipinski definition) is 2. The third-order valence-electron chi connectivity index (χ3n) is 2.97. The molecule has 2 N–H and O–H groups in total. The summed E-state index contributed by atoms with van der Waals surface area (Å²) in [7, 11) is 0. The fourth-order valence-corrected chi connectivity index (χ4v) is 2.05. The van der Waals surface area contributed by atoms with Crippen LogP contribution in [0, 0.1) is 10.6 Å². The molecule has 5 nitrogen and oxygen atoms in total. The highest BCUT2D eigenvalue weighted by molar-refractivity contribution is 7.71. The Morgan fingerprint density at radius 3 is 2.50 bits per heavy atom. The normalized spacial score (nSPS) is 11.1. The molecule has 0 unspecified atom stereocenters. The van der Waals surface area contributed by atoms with Gasteiger partial charge < -0.3 is 5.11 Å². The van der Waals surface area contributed by atoms with Crippen LogP contribution in [0.5, 0.6) is 5.75 Å². The van der Waals surface area contributed by atoms with Crippen molar-refractivity contribution in [1.29, 1.82) is 0 Å². The number of aromatic nitrogens is 3. The van der Waals surface area contributed by atoms with Gasteiger partial charge in [-0.2, -0.15) is 14.9 Å². The van der Waals surface area contributed by atoms with Crippen LogP contribution >= 0.6 is 12.2 Å². The third-order valence-corrected chi connectivity index (χ3v) is 3.23. The zero-order chi connectivity index (χ0) is 15.5. The summed E-state index contributed by atoms with van der Waals surface area (Å²) < 4.78 is 14.7. The number of H-pyrrole nitrogens is 1. The first-order chi connectivity index (χ1) is 10.6. The number of phenols is 1. The van der Waals surface area contributed by atoms with Gasteiger partial charge in [0.05, 0.1) is 6.21 Å². The van der Waals surface area contributed by atoms with Gasteiger partial charge in [0.15, 0.2) is 5.82 Å². The molecule has 7 heteroatoms. The van der Waals surface area contributed by atoms with E-state index in [-0.39, 0.29) is 11.6 Å². The second-order valence-electron chi connectivity index (χ2n) is 4.51. The molecular weight excluding hydrogens is 303 g/mol. The van der Waals surface area contributed by atoms with Crippen molar-refractivity contribution in [1.82, 2.24) is 14.9 Å². The number of halogens is 1. The molecule has 0 aliphatic heterocycles. The van der Waals surface area contributed by atoms with Crippen LogP contribution in [0.2, 0.25) is 0 Å². The molecule has 0 fully saturated rings. The summed E-state index contributed by atoms with van der Waals surface area (Å²) in [6, 6.07) is 12.5. The number of benzene rings is 2. The van der Waals surface area contributed by atoms with Gasteiger partial charge in [0.1, 0.15) is 11.6 Å². The first kappa shape index (κ1) is 14.2. The van der Waals surface area contributed by atoms with Crippen LogP contribution < -0.4 is 0 Å². The maximum Gasteiger partial charge on any atom is 0.216 e. The minimum Gasteiger partial charge on any atom is -0.508 e. The van der Waals surface area contributed by atoms with Crippen LogP contribution in [0.4, 0.5) is 4.39 Å². The Bertz CT molecular complexity index is 866. The van der Waals surface area contributed by atoms with Crippen molar-refractivity contribution >= 4 is 18.4 Å². The van der Waals surface area contributed by atoms with Gasteiger partial charge in [0.25, 0.3) is 0 Å². The third kappa shape index (κ3) is 2.94. The fraction of sp³-hybridized carbons (Fsp3) is 0. The van der Waals surface area contributed by atoms with Gasteiger partial charge in [-0.25, -0.2) is 9.49 Å². The van der Waals surface area contributed by atoms with Crippen molar-refractivity contribution in [3.63, 3.8) is 0 Å². The Balaban J connectivity index is 1.97. The second kappa shape index (κ2) is 5.90. The van der Waals surface area contributed by atoms with Gasteiger partial charge in [-0.15, -0.1) is 0 Å². The van der Waals surface area contributed by atoms with Gasteiger partial charge in [0.2, 0.25) is 4.77 Å². The van der Waals surface area contributed by atoms with E-state index in [2.05, 4.69) is 15.3 Å². The summed E-state index contributed by atoms with van der Waals surface area (Å²) in [5, 5.41) is 20.4. The standard InChI is InChI=1S/C15H11FN4OS/c16-12-5-1-10(2-6-12)9-17-20-14(18-19-15(20)22)11-3-7-13(21)8-4-11/h1-9,21H,(H,19,22)/b17-9+. The van der Waals surface area contributed by atoms with Gasteiger partial charge in [-0.1, -0.05) is 12.1 Å². The van der Waals surface area contributed by atoms with Crippen LogP contribution in [-0.4, -0.2) is 26.2 Å². The first-order valence-electron chi connectivity index (χ1n) is 6.40. The highest BCUT2D eigenvalue weighted by atomic mass is 32.1. The highest BCUT2D eigenvalue weighted by Crippen LogP contribution is 2.20. The summed E-state index contributed by atoms with van der Waals surface area (Å²) in [6.45, 7) is 0. The van der Waals surface area contributed by atoms with Crippen LogP contribution in [-0.2, 0) is 0 Å². The highest BCUT2D eigenvalue weighted by Gasteiger charge is 2.07. The molecule has 3 aromatic rings. The summed E-state index contributed by atoms with van der Waals surface area (Å²) in [6.07, 6.45) is 1.56. The SMILES string of the molecule is Oc1ccc(-c2n[nH]c(=S)n2/N=C/c2ccc(F)cc2)cc1. The number of aromatic amines is 1. The number of hydrogen-bond acceptors (Lipinski definition) is 4. The Kier molecular flexibility index (Phi) is 3.80. The lowest BCUT2D eigenvalue weighted by atomic mass is 10.2. The fourth-order valence-electron chi connectivity index (χ4n) is 1.87. The Morgan fingerprint density at radius 2 is 1.82 bits per heavy atom. The van der Waals surface area contributed by atoms with E-state index in [1.54, 1.807) is 42.6 Å². The van der Waals surface area contributed by atoms with E-state index in [0.29, 0.717) is 10.6 Å². The van der Waals surface area contributed by atoms with Gasteiger partial charge in [0, 0.05) is 5.56 Å². The van der Waals surface area contributed by atoms with E-state index in [0.717, 1.165) is 11.1 Å². The average molecular weight is 314 g/mol. The number of nitrogens with zero attached hydrogens (tertiary/aromatic N) is 3. The molecule has 0 aliphatic carbocycles. The zero-order valence-electron chi connectivity index (χ0n) is 11.3. The minimum absolute atomic E-state index is 0.166. The van der Waals surface area contributed by atoms with Crippen molar-refractivity contribution < 1.29 is 9.50 Å². The molecule has 0 bridgehead atoms. The van der Waals surface area contributed by atoms with Gasteiger partial charge in [-0.05, 0) is 54.2 Å². The molecule has 22 heavy (non-hydrogen) atoms. The van der Waals surface area contributed by atoms with E-state index in [1.807, 2.05) is 0 Å². The Hall–Kier alpha value is -2.80. The number of nitrogens with one attached hydrogen (secondary N) is 1. The Labute approximate surface area is 130 Å². The van der Waals surface area contributed by atoms with Crippen molar-refractivity contribution in [2.75, 3.05) is 0 Å². The summed E-state index contributed by atoms with van der Waals surface area (Å²) in [4.78, 5) is 0. The van der Waals surface area contributed by atoms with E-state index >= 15 is 0 Å². The molecule has 0 atom stereocenters. The second-order valence-corrected chi connectivity index (χ2v) is 4.89. The predicted octanol–water partition coefficient (Wildman–Crippen LogP) is 3.33. The molecule has 3 rings (SSSR count). The van der Waals surface area contributed by atoms with Crippen molar-refractivity contribution in [2.24, 2.45) is 5.10 Å². The summed E-state index contributed by atoms with van der Waals surface area (Å²) >= 11 is 5.16. The van der Waals surface area contributed by atoms with Crippen molar-refractivity contribution in [3.05, 3.63) is 64.7 Å². The molecule has 0 spiro atoms. The number of rotatable bonds is 3. The van der Waals surface area contributed by atoms with Crippen molar-refractivity contribution in [3.8, 4) is 17.1 Å². The number of aromatic hydroxyl groups is 1. The van der Waals surface area contributed by atoms with Crippen LogP contribution in [0.15, 0.2) is 53.6 Å². The molecule has 1 aromatic heterocycles. The summed E-state index contributed by atoms with van der Waals surface area (Å²) in [5.41, 5.74) is 1.49. The molecule has 2 aromatic carbocycles. The zero-order valence-corrected chi connectivity index (χ0v) is 12.1. The number of phenolic OH excluding ortho intramolecular Hbond substituents is 1. The lowest BCUT2D eigenvalue weighted by molar-refractivity contribution is 0.475. The van der Waals surface area contributed by atoms with Crippen molar-refractivity contribution in [2.45, 2.75) is 0 Å². The molecule has 0 radical (unpaired) electrons. The summed E-state index contributed by atoms with van der Waals surface area (Å²) in [5.74, 6) is 0.379. The van der Waals surface area contributed by atoms with Crippen LogP contribution in [0.25, 0.3) is 11.4 Å². The van der Waals surface area contributed by atoms with E-state index in [9.17, 15) is 9.50 Å². The molecule has 0 saturated carbocycles. The van der Waals surface area contributed by atoms with Gasteiger partial charge >= 0.3 is 0 Å². The lowest BCUT2D eigenvalue weighted by Crippen LogP contribution is -1.95. The quantitative estimate of drug-likeness (QED) is 0.575. The largest absolute Gasteiger partial charge is 0.508 e. The molecule has 110 valence electrons.